The van der Waals surface area contributed by atoms with Gasteiger partial charge in [0.15, 0.2) is 0 Å². The molecule has 0 radical (unpaired) electrons. The molecule has 6 heteroatoms. The quantitative estimate of drug-likeness (QED) is 0.814. The van der Waals surface area contributed by atoms with Crippen molar-refractivity contribution in [3.05, 3.63) is 30.1 Å². The number of nitrogens with zero attached hydrogens (tertiary/aromatic N) is 1. The Kier molecular flexibility index (Phi) is 11.2. The van der Waals surface area contributed by atoms with Crippen molar-refractivity contribution in [3.63, 3.8) is 0 Å². The number of pyridine rings is 1. The van der Waals surface area contributed by atoms with Gasteiger partial charge in [-0.25, -0.2) is 0 Å². The number of carbonyl (C=O) groups excluding carboxylic acids is 1. The Hall–Kier alpha value is -0.840. The number of hydrogen-bond donors (Lipinski definition) is 2. The van der Waals surface area contributed by atoms with Crippen molar-refractivity contribution in [2.45, 2.75) is 45.6 Å². The zero-order chi connectivity index (χ0) is 15.1. The fourth-order valence-electron chi connectivity index (χ4n) is 3.14. The highest BCUT2D eigenvalue weighted by Gasteiger charge is 2.23. The van der Waals surface area contributed by atoms with Crippen LogP contribution in [0.15, 0.2) is 24.5 Å². The van der Waals surface area contributed by atoms with Gasteiger partial charge >= 0.3 is 0 Å². The van der Waals surface area contributed by atoms with Gasteiger partial charge in [0.1, 0.15) is 0 Å². The van der Waals surface area contributed by atoms with Crippen LogP contribution in [0.2, 0.25) is 0 Å². The van der Waals surface area contributed by atoms with Gasteiger partial charge in [0, 0.05) is 18.8 Å². The lowest BCUT2D eigenvalue weighted by Crippen LogP contribution is -2.34. The first-order valence-electron chi connectivity index (χ1n) is 8.10. The van der Waals surface area contributed by atoms with Crippen LogP contribution in [0.5, 0.6) is 0 Å². The average Bonchev–Trinajstić information content (AvgIpc) is 2.54. The highest BCUT2D eigenvalue weighted by molar-refractivity contribution is 5.85. The minimum absolute atomic E-state index is 0. The third kappa shape index (κ3) is 7.06. The summed E-state index contributed by atoms with van der Waals surface area (Å²) in [4.78, 5) is 16.3. The van der Waals surface area contributed by atoms with E-state index in [0.717, 1.165) is 25.1 Å². The van der Waals surface area contributed by atoms with E-state index in [0.29, 0.717) is 18.3 Å². The predicted octanol–water partition coefficient (Wildman–Crippen LogP) is 3.52. The van der Waals surface area contributed by atoms with E-state index in [-0.39, 0.29) is 36.8 Å². The second kappa shape index (κ2) is 11.7. The highest BCUT2D eigenvalue weighted by atomic mass is 35.5. The minimum atomic E-state index is 0. The number of amides is 1. The Bertz CT molecular complexity index is 439. The van der Waals surface area contributed by atoms with Crippen LogP contribution < -0.4 is 10.6 Å². The molecular weight excluding hydrogens is 333 g/mol. The summed E-state index contributed by atoms with van der Waals surface area (Å²) in [6, 6.07) is 4.05. The molecule has 0 aliphatic carbocycles. The SMILES string of the molecule is CCC(NC(=O)CC(C)C1CCNCC1)c1ccncc1.Cl.Cl. The lowest BCUT2D eigenvalue weighted by Gasteiger charge is -2.28. The monoisotopic (exact) mass is 361 g/mol. The molecule has 2 heterocycles. The van der Waals surface area contributed by atoms with Crippen molar-refractivity contribution in [1.29, 1.82) is 0 Å². The van der Waals surface area contributed by atoms with Crippen LogP contribution >= 0.6 is 24.8 Å². The average molecular weight is 362 g/mol. The van der Waals surface area contributed by atoms with Crippen LogP contribution in [0.1, 0.15) is 51.1 Å². The van der Waals surface area contributed by atoms with Gasteiger partial charge in [-0.15, -0.1) is 24.8 Å². The van der Waals surface area contributed by atoms with Crippen LogP contribution in [0.25, 0.3) is 0 Å². The fraction of sp³-hybridized carbons (Fsp3) is 0.647. The number of halogens is 2. The van der Waals surface area contributed by atoms with Crippen molar-refractivity contribution in [2.75, 3.05) is 13.1 Å². The Labute approximate surface area is 152 Å². The van der Waals surface area contributed by atoms with E-state index in [2.05, 4.69) is 29.5 Å². The standard InChI is InChI=1S/C17H27N3O.2ClH/c1-3-16(15-6-10-19-11-7-15)20-17(21)12-13(2)14-4-8-18-9-5-14;;/h6-7,10-11,13-14,16,18H,3-5,8-9,12H2,1-2H3,(H,20,21);2*1H. The zero-order valence-electron chi connectivity index (χ0n) is 14.0. The van der Waals surface area contributed by atoms with Crippen molar-refractivity contribution in [1.82, 2.24) is 15.6 Å². The van der Waals surface area contributed by atoms with Crippen LogP contribution in [0, 0.1) is 11.8 Å². The predicted molar refractivity (Wildman–Crippen MR) is 99.3 cm³/mol. The van der Waals surface area contributed by atoms with Crippen LogP contribution in [-0.2, 0) is 4.79 Å². The van der Waals surface area contributed by atoms with Gasteiger partial charge in [0.05, 0.1) is 6.04 Å². The summed E-state index contributed by atoms with van der Waals surface area (Å²) in [6.45, 7) is 6.49. The van der Waals surface area contributed by atoms with Crippen molar-refractivity contribution in [2.24, 2.45) is 11.8 Å². The maximum atomic E-state index is 12.3. The van der Waals surface area contributed by atoms with Gasteiger partial charge in [-0.3, -0.25) is 9.78 Å². The Morgan fingerprint density at radius 2 is 1.91 bits per heavy atom. The molecule has 2 N–H and O–H groups in total. The molecule has 1 fully saturated rings. The molecule has 23 heavy (non-hydrogen) atoms. The summed E-state index contributed by atoms with van der Waals surface area (Å²) in [5.74, 6) is 1.31. The van der Waals surface area contributed by atoms with Gasteiger partial charge in [-0.05, 0) is 61.9 Å². The second-order valence-corrected chi connectivity index (χ2v) is 6.08. The van der Waals surface area contributed by atoms with Crippen molar-refractivity contribution in [3.8, 4) is 0 Å². The fourth-order valence-corrected chi connectivity index (χ4v) is 3.14. The Morgan fingerprint density at radius 1 is 1.30 bits per heavy atom. The van der Waals surface area contributed by atoms with Gasteiger partial charge < -0.3 is 10.6 Å². The van der Waals surface area contributed by atoms with Crippen LogP contribution in [0.4, 0.5) is 0 Å². The van der Waals surface area contributed by atoms with Gasteiger partial charge in [-0.2, -0.15) is 0 Å². The van der Waals surface area contributed by atoms with E-state index < -0.39 is 0 Å². The first-order valence-corrected chi connectivity index (χ1v) is 8.10. The van der Waals surface area contributed by atoms with Gasteiger partial charge in [0.2, 0.25) is 5.91 Å². The van der Waals surface area contributed by atoms with Crippen molar-refractivity contribution >= 4 is 30.7 Å². The molecule has 0 saturated carbocycles. The van der Waals surface area contributed by atoms with Crippen molar-refractivity contribution < 1.29 is 4.79 Å². The number of piperidine rings is 1. The summed E-state index contributed by atoms with van der Waals surface area (Å²) in [7, 11) is 0. The van der Waals surface area contributed by atoms with Crippen LogP contribution in [-0.4, -0.2) is 24.0 Å². The normalized spacial score (nSPS) is 17.3. The lowest BCUT2D eigenvalue weighted by molar-refractivity contribution is -0.123. The third-order valence-electron chi connectivity index (χ3n) is 4.55. The molecule has 1 saturated heterocycles. The number of rotatable bonds is 6. The second-order valence-electron chi connectivity index (χ2n) is 6.08. The van der Waals surface area contributed by atoms with E-state index in [1.807, 2.05) is 12.1 Å². The maximum absolute atomic E-state index is 12.3. The third-order valence-corrected chi connectivity index (χ3v) is 4.55. The first-order chi connectivity index (χ1) is 10.2. The minimum Gasteiger partial charge on any atom is -0.349 e. The summed E-state index contributed by atoms with van der Waals surface area (Å²) in [5.41, 5.74) is 1.13. The topological polar surface area (TPSA) is 54.0 Å². The molecule has 2 unspecified atom stereocenters. The molecule has 2 atom stereocenters. The Morgan fingerprint density at radius 3 is 2.48 bits per heavy atom. The maximum Gasteiger partial charge on any atom is 0.220 e. The Balaban J connectivity index is 0.00000242. The van der Waals surface area contributed by atoms with E-state index >= 15 is 0 Å². The molecule has 1 amide bonds. The number of hydrogen-bond acceptors (Lipinski definition) is 3. The molecular formula is C17H29Cl2N3O. The van der Waals surface area contributed by atoms with Gasteiger partial charge in [0.25, 0.3) is 0 Å². The lowest BCUT2D eigenvalue weighted by atomic mass is 9.84. The van der Waals surface area contributed by atoms with E-state index in [9.17, 15) is 4.79 Å². The summed E-state index contributed by atoms with van der Waals surface area (Å²) in [5, 5.41) is 6.55. The molecule has 1 aromatic rings. The molecule has 1 aliphatic rings. The molecule has 0 bridgehead atoms. The summed E-state index contributed by atoms with van der Waals surface area (Å²) in [6.07, 6.45) is 7.47. The molecule has 132 valence electrons. The number of aromatic nitrogens is 1. The molecule has 2 rings (SSSR count). The molecule has 0 spiro atoms. The van der Waals surface area contributed by atoms with Crippen LogP contribution in [0.3, 0.4) is 0 Å². The van der Waals surface area contributed by atoms with Gasteiger partial charge in [-0.1, -0.05) is 13.8 Å². The molecule has 0 aromatic carbocycles. The summed E-state index contributed by atoms with van der Waals surface area (Å²) < 4.78 is 0. The first kappa shape index (κ1) is 22.2. The van der Waals surface area contributed by atoms with E-state index in [4.69, 9.17) is 0 Å². The highest BCUT2D eigenvalue weighted by Crippen LogP contribution is 2.25. The molecule has 1 aliphatic heterocycles. The smallest absolute Gasteiger partial charge is 0.220 e. The molecule has 4 nitrogen and oxygen atoms in total. The zero-order valence-corrected chi connectivity index (χ0v) is 15.6. The number of nitrogens with one attached hydrogen (secondary N) is 2. The summed E-state index contributed by atoms with van der Waals surface area (Å²) >= 11 is 0. The molecule has 1 aromatic heterocycles. The van der Waals surface area contributed by atoms with E-state index in [1.165, 1.54) is 12.8 Å². The largest absolute Gasteiger partial charge is 0.349 e. The van der Waals surface area contributed by atoms with E-state index in [1.54, 1.807) is 12.4 Å². The number of carbonyl (C=O) groups is 1.